The first-order chi connectivity index (χ1) is 14.6. The maximum Gasteiger partial charge on any atom is 0.316 e. The number of esters is 1. The Kier molecular flexibility index (Phi) is 6.35. The van der Waals surface area contributed by atoms with Crippen molar-refractivity contribution in [3.8, 4) is 11.5 Å². The summed E-state index contributed by atoms with van der Waals surface area (Å²) in [7, 11) is 0. The number of rotatable bonds is 6. The summed E-state index contributed by atoms with van der Waals surface area (Å²) in [5.41, 5.74) is 2.75. The molecule has 0 saturated carbocycles. The number of anilines is 1. The van der Waals surface area contributed by atoms with Crippen molar-refractivity contribution in [2.75, 3.05) is 23.8 Å². The molecule has 1 aromatic heterocycles. The molecule has 0 atom stereocenters. The van der Waals surface area contributed by atoms with Crippen molar-refractivity contribution in [1.82, 2.24) is 10.2 Å². The number of fused-ring (bicyclic) bond motifs is 1. The summed E-state index contributed by atoms with van der Waals surface area (Å²) in [5.74, 6) is -0.457. The predicted molar refractivity (Wildman–Crippen MR) is 114 cm³/mol. The van der Waals surface area contributed by atoms with Crippen LogP contribution in [-0.4, -0.2) is 41.0 Å². The van der Waals surface area contributed by atoms with E-state index in [-0.39, 0.29) is 23.5 Å². The van der Waals surface area contributed by atoms with Crippen molar-refractivity contribution in [2.45, 2.75) is 18.1 Å². The number of ether oxygens (including phenoxy) is 1. The molecule has 0 aliphatic carbocycles. The summed E-state index contributed by atoms with van der Waals surface area (Å²) in [6.45, 7) is 0.325. The first-order valence-corrected chi connectivity index (χ1v) is 10.7. The van der Waals surface area contributed by atoms with Crippen LogP contribution in [0.15, 0.2) is 58.2 Å². The minimum absolute atomic E-state index is 0.0356. The number of nitrogens with zero attached hydrogens (tertiary/aromatic N) is 3. The molecule has 7 nitrogen and oxygen atoms in total. The number of carbonyl (C=O) groups excluding carboxylic acids is 2. The maximum atomic E-state index is 12.5. The van der Waals surface area contributed by atoms with Gasteiger partial charge in [-0.3, -0.25) is 9.59 Å². The topological polar surface area (TPSA) is 85.5 Å². The molecule has 0 saturated heterocycles. The molecule has 1 aliphatic rings. The number of aromatic nitrogens is 2. The Morgan fingerprint density at radius 1 is 1.13 bits per heavy atom. The molecule has 2 aromatic carbocycles. The van der Waals surface area contributed by atoms with Gasteiger partial charge in [0.25, 0.3) is 11.1 Å². The van der Waals surface area contributed by atoms with Crippen LogP contribution < -0.4 is 4.90 Å². The van der Waals surface area contributed by atoms with E-state index in [2.05, 4.69) is 10.2 Å². The molecule has 0 unspecified atom stereocenters. The van der Waals surface area contributed by atoms with Gasteiger partial charge in [0.2, 0.25) is 5.89 Å². The predicted octanol–water partition coefficient (Wildman–Crippen LogP) is 4.00. The molecule has 1 aliphatic heterocycles. The molecule has 0 spiro atoms. The monoisotopic (exact) mass is 443 g/mol. The number of aryl methyl sites for hydroxylation is 1. The van der Waals surface area contributed by atoms with E-state index < -0.39 is 5.97 Å². The molecule has 4 rings (SSSR count). The second-order valence-electron chi connectivity index (χ2n) is 6.61. The van der Waals surface area contributed by atoms with Crippen LogP contribution in [0.25, 0.3) is 11.5 Å². The molecular weight excluding hydrogens is 426 g/mol. The lowest BCUT2D eigenvalue weighted by atomic mass is 10.0. The Morgan fingerprint density at radius 2 is 1.93 bits per heavy atom. The Morgan fingerprint density at radius 3 is 2.77 bits per heavy atom. The van der Waals surface area contributed by atoms with Gasteiger partial charge in [0.15, 0.2) is 6.61 Å². The lowest BCUT2D eigenvalue weighted by molar-refractivity contribution is -0.145. The number of para-hydroxylation sites is 1. The maximum absolute atomic E-state index is 12.5. The highest BCUT2D eigenvalue weighted by molar-refractivity contribution is 7.99. The van der Waals surface area contributed by atoms with E-state index in [4.69, 9.17) is 20.8 Å². The number of benzene rings is 2. The number of hydrogen-bond donors (Lipinski definition) is 0. The van der Waals surface area contributed by atoms with Crippen molar-refractivity contribution in [1.29, 1.82) is 0 Å². The number of halogens is 1. The minimum Gasteiger partial charge on any atom is -0.455 e. The van der Waals surface area contributed by atoms with E-state index in [9.17, 15) is 9.59 Å². The van der Waals surface area contributed by atoms with Gasteiger partial charge in [0, 0.05) is 22.8 Å². The van der Waals surface area contributed by atoms with Crippen molar-refractivity contribution in [2.24, 2.45) is 0 Å². The SMILES string of the molecule is O=C(CSc1nnc(-c2ccc(Cl)cc2)o1)OCC(=O)N1CCCc2ccccc21. The summed E-state index contributed by atoms with van der Waals surface area (Å²) in [4.78, 5) is 26.2. The number of hydrogen-bond acceptors (Lipinski definition) is 7. The summed E-state index contributed by atoms with van der Waals surface area (Å²) in [6, 6.07) is 14.8. The van der Waals surface area contributed by atoms with Crippen LogP contribution in [0, 0.1) is 0 Å². The molecule has 154 valence electrons. The van der Waals surface area contributed by atoms with Crippen LogP contribution in [0.4, 0.5) is 5.69 Å². The van der Waals surface area contributed by atoms with Gasteiger partial charge in [-0.15, -0.1) is 10.2 Å². The number of thioether (sulfide) groups is 1. The summed E-state index contributed by atoms with van der Waals surface area (Å²) in [5, 5.41) is 8.72. The molecular formula is C21H18ClN3O4S. The van der Waals surface area contributed by atoms with Crippen LogP contribution in [-0.2, 0) is 20.7 Å². The van der Waals surface area contributed by atoms with Crippen molar-refractivity contribution < 1.29 is 18.7 Å². The summed E-state index contributed by atoms with van der Waals surface area (Å²) < 4.78 is 10.7. The Bertz CT molecular complexity index is 1050. The van der Waals surface area contributed by atoms with Gasteiger partial charge in [0.1, 0.15) is 5.75 Å². The standard InChI is InChI=1S/C21H18ClN3O4S/c22-16-9-7-15(8-10-16)20-23-24-21(29-20)30-13-19(27)28-12-18(26)25-11-3-5-14-4-1-2-6-17(14)25/h1-2,4,6-10H,3,5,11-13H2. The third-order valence-electron chi connectivity index (χ3n) is 4.58. The van der Waals surface area contributed by atoms with Crippen molar-refractivity contribution >= 4 is 40.9 Å². The molecule has 0 fully saturated rings. The van der Waals surface area contributed by atoms with Gasteiger partial charge in [-0.25, -0.2) is 0 Å². The number of carbonyl (C=O) groups is 2. The average Bonchev–Trinajstić information content (AvgIpc) is 3.25. The fraction of sp³-hybridized carbons (Fsp3) is 0.238. The first-order valence-electron chi connectivity index (χ1n) is 9.36. The van der Waals surface area contributed by atoms with E-state index in [1.54, 1.807) is 29.2 Å². The molecule has 3 aromatic rings. The quantitative estimate of drug-likeness (QED) is 0.420. The molecule has 1 amide bonds. The zero-order chi connectivity index (χ0) is 20.9. The molecule has 0 bridgehead atoms. The van der Waals surface area contributed by atoms with E-state index in [1.165, 1.54) is 0 Å². The molecule has 9 heteroatoms. The van der Waals surface area contributed by atoms with E-state index in [0.717, 1.165) is 41.4 Å². The van der Waals surface area contributed by atoms with E-state index in [1.807, 2.05) is 24.3 Å². The van der Waals surface area contributed by atoms with Crippen LogP contribution >= 0.6 is 23.4 Å². The lowest BCUT2D eigenvalue weighted by Gasteiger charge is -2.29. The van der Waals surface area contributed by atoms with E-state index >= 15 is 0 Å². The van der Waals surface area contributed by atoms with Crippen LogP contribution in [0.2, 0.25) is 5.02 Å². The van der Waals surface area contributed by atoms with Gasteiger partial charge in [-0.1, -0.05) is 41.6 Å². The van der Waals surface area contributed by atoms with E-state index in [0.29, 0.717) is 17.5 Å². The summed E-state index contributed by atoms with van der Waals surface area (Å²) >= 11 is 6.92. The zero-order valence-electron chi connectivity index (χ0n) is 15.9. The smallest absolute Gasteiger partial charge is 0.316 e. The second kappa shape index (κ2) is 9.32. The Labute approximate surface area is 182 Å². The van der Waals surface area contributed by atoms with Gasteiger partial charge >= 0.3 is 5.97 Å². The highest BCUT2D eigenvalue weighted by Crippen LogP contribution is 2.27. The van der Waals surface area contributed by atoms with Crippen molar-refractivity contribution in [3.05, 3.63) is 59.1 Å². The van der Waals surface area contributed by atoms with Crippen LogP contribution in [0.3, 0.4) is 0 Å². The van der Waals surface area contributed by atoms with Crippen LogP contribution in [0.1, 0.15) is 12.0 Å². The third-order valence-corrected chi connectivity index (χ3v) is 5.62. The Balaban J connectivity index is 1.27. The van der Waals surface area contributed by atoms with Gasteiger partial charge < -0.3 is 14.1 Å². The minimum atomic E-state index is -0.523. The zero-order valence-corrected chi connectivity index (χ0v) is 17.5. The van der Waals surface area contributed by atoms with Crippen LogP contribution in [0.5, 0.6) is 0 Å². The second-order valence-corrected chi connectivity index (χ2v) is 7.97. The first kappa shape index (κ1) is 20.4. The fourth-order valence-corrected chi connectivity index (χ4v) is 3.84. The average molecular weight is 444 g/mol. The highest BCUT2D eigenvalue weighted by atomic mass is 35.5. The number of amides is 1. The molecule has 0 radical (unpaired) electrons. The van der Waals surface area contributed by atoms with Gasteiger partial charge in [-0.05, 0) is 48.7 Å². The largest absolute Gasteiger partial charge is 0.455 e. The van der Waals surface area contributed by atoms with Gasteiger partial charge in [0.05, 0.1) is 0 Å². The molecule has 30 heavy (non-hydrogen) atoms. The normalized spacial score (nSPS) is 13.0. The fourth-order valence-electron chi connectivity index (χ4n) is 3.15. The van der Waals surface area contributed by atoms with Gasteiger partial charge in [-0.2, -0.15) is 0 Å². The Hall–Kier alpha value is -2.84. The molecule has 0 N–H and O–H groups in total. The van der Waals surface area contributed by atoms with Crippen molar-refractivity contribution in [3.63, 3.8) is 0 Å². The summed E-state index contributed by atoms with van der Waals surface area (Å²) in [6.07, 6.45) is 1.83. The highest BCUT2D eigenvalue weighted by Gasteiger charge is 2.23. The lowest BCUT2D eigenvalue weighted by Crippen LogP contribution is -2.38. The molecule has 2 heterocycles. The third kappa shape index (κ3) is 4.83.